The number of rotatable bonds is 8. The molecule has 3 rings (SSSR count). The van der Waals surface area contributed by atoms with E-state index >= 15 is 0 Å². The predicted octanol–water partition coefficient (Wildman–Crippen LogP) is 4.43. The van der Waals surface area contributed by atoms with E-state index in [2.05, 4.69) is 54.4 Å². The number of nitrogens with one attached hydrogen (secondary N) is 1. The Kier molecular flexibility index (Phi) is 7.63. The van der Waals surface area contributed by atoms with Gasteiger partial charge in [0, 0.05) is 18.8 Å². The number of piperidine rings is 1. The molecule has 0 saturated carbocycles. The topological polar surface area (TPSA) is 41.6 Å². The molecule has 0 aromatic heterocycles. The van der Waals surface area contributed by atoms with Gasteiger partial charge in [0.2, 0.25) is 5.91 Å². The normalized spacial score (nSPS) is 15.5. The van der Waals surface area contributed by atoms with Crippen LogP contribution < -0.4 is 5.32 Å². The van der Waals surface area contributed by atoms with Crippen molar-refractivity contribution in [3.63, 3.8) is 0 Å². The molecule has 150 valence electrons. The summed E-state index contributed by atoms with van der Waals surface area (Å²) in [5, 5.41) is 3.17. The fourth-order valence-electron chi connectivity index (χ4n) is 3.81. The first-order valence-electron chi connectivity index (χ1n) is 10.5. The zero-order valence-corrected chi connectivity index (χ0v) is 17.1. The van der Waals surface area contributed by atoms with E-state index in [1.807, 2.05) is 18.2 Å². The van der Waals surface area contributed by atoms with E-state index in [4.69, 9.17) is 4.74 Å². The second-order valence-corrected chi connectivity index (χ2v) is 7.48. The number of carbonyl (C=O) groups excluding carboxylic acids is 1. The van der Waals surface area contributed by atoms with Gasteiger partial charge in [0.05, 0.1) is 19.3 Å². The Balaban J connectivity index is 1.45. The van der Waals surface area contributed by atoms with Crippen molar-refractivity contribution in [2.45, 2.75) is 52.2 Å². The Hall–Kier alpha value is -2.17. The summed E-state index contributed by atoms with van der Waals surface area (Å²) in [5.41, 5.74) is 4.64. The van der Waals surface area contributed by atoms with E-state index in [-0.39, 0.29) is 12.0 Å². The highest BCUT2D eigenvalue weighted by Crippen LogP contribution is 2.23. The number of para-hydroxylation sites is 1. The Labute approximate surface area is 168 Å². The van der Waals surface area contributed by atoms with Crippen LogP contribution in [0.4, 0.5) is 5.69 Å². The van der Waals surface area contributed by atoms with E-state index in [1.54, 1.807) is 0 Å². The van der Waals surface area contributed by atoms with Crippen LogP contribution in [0.5, 0.6) is 0 Å². The highest BCUT2D eigenvalue weighted by molar-refractivity contribution is 5.93. The maximum atomic E-state index is 12.6. The van der Waals surface area contributed by atoms with Gasteiger partial charge < -0.3 is 10.1 Å². The van der Waals surface area contributed by atoms with E-state index in [9.17, 15) is 4.79 Å². The molecule has 2 aromatic rings. The van der Waals surface area contributed by atoms with Crippen molar-refractivity contribution in [3.05, 3.63) is 65.2 Å². The Morgan fingerprint density at radius 2 is 1.64 bits per heavy atom. The highest BCUT2D eigenvalue weighted by atomic mass is 16.5. The van der Waals surface area contributed by atoms with Crippen LogP contribution in [0, 0.1) is 0 Å². The fraction of sp³-hybridized carbons (Fsp3) is 0.458. The number of benzene rings is 2. The molecule has 1 saturated heterocycles. The molecule has 0 bridgehead atoms. The molecular formula is C24H32N2O2. The van der Waals surface area contributed by atoms with Crippen molar-refractivity contribution in [2.75, 3.05) is 25.0 Å². The van der Waals surface area contributed by atoms with Crippen LogP contribution in [0.1, 0.15) is 43.4 Å². The Morgan fingerprint density at radius 1 is 1.00 bits per heavy atom. The van der Waals surface area contributed by atoms with Crippen LogP contribution in [0.2, 0.25) is 0 Å². The molecule has 1 fully saturated rings. The number of carbonyl (C=O) groups is 1. The summed E-state index contributed by atoms with van der Waals surface area (Å²) in [5.74, 6) is 0.0826. The van der Waals surface area contributed by atoms with Crippen molar-refractivity contribution < 1.29 is 9.53 Å². The zero-order valence-electron chi connectivity index (χ0n) is 17.1. The molecule has 28 heavy (non-hydrogen) atoms. The standard InChI is InChI=1S/C24H32N2O2/c1-3-20-11-8-12-21(4-2)24(20)25-23(27)17-26-15-13-22(14-16-26)28-18-19-9-6-5-7-10-19/h5-12,22H,3-4,13-18H2,1-2H3,(H,25,27). The van der Waals surface area contributed by atoms with E-state index < -0.39 is 0 Å². The van der Waals surface area contributed by atoms with Crippen LogP contribution in [-0.4, -0.2) is 36.5 Å². The molecule has 0 spiro atoms. The lowest BCUT2D eigenvalue weighted by Gasteiger charge is -2.31. The summed E-state index contributed by atoms with van der Waals surface area (Å²) in [4.78, 5) is 14.9. The fourth-order valence-corrected chi connectivity index (χ4v) is 3.81. The number of anilines is 1. The summed E-state index contributed by atoms with van der Waals surface area (Å²) < 4.78 is 6.05. The number of nitrogens with zero attached hydrogens (tertiary/aromatic N) is 1. The molecule has 2 aromatic carbocycles. The molecular weight excluding hydrogens is 348 g/mol. The number of aryl methyl sites for hydroxylation is 2. The van der Waals surface area contributed by atoms with Crippen LogP contribution in [-0.2, 0) is 29.0 Å². The molecule has 0 unspecified atom stereocenters. The molecule has 1 aliphatic heterocycles. The zero-order chi connectivity index (χ0) is 19.8. The van der Waals surface area contributed by atoms with Crippen molar-refractivity contribution in [1.29, 1.82) is 0 Å². The third kappa shape index (κ3) is 5.66. The van der Waals surface area contributed by atoms with Gasteiger partial charge in [-0.25, -0.2) is 0 Å². The van der Waals surface area contributed by atoms with Gasteiger partial charge in [0.25, 0.3) is 0 Å². The summed E-state index contributed by atoms with van der Waals surface area (Å²) in [6.45, 7) is 7.19. The van der Waals surface area contributed by atoms with Crippen LogP contribution in [0.3, 0.4) is 0 Å². The predicted molar refractivity (Wildman–Crippen MR) is 115 cm³/mol. The van der Waals surface area contributed by atoms with Gasteiger partial charge in [-0.3, -0.25) is 9.69 Å². The van der Waals surface area contributed by atoms with E-state index in [0.717, 1.165) is 44.5 Å². The lowest BCUT2D eigenvalue weighted by molar-refractivity contribution is -0.118. The Morgan fingerprint density at radius 3 is 2.25 bits per heavy atom. The number of hydrogen-bond acceptors (Lipinski definition) is 3. The molecule has 4 heteroatoms. The minimum atomic E-state index is 0.0826. The summed E-state index contributed by atoms with van der Waals surface area (Å²) in [7, 11) is 0. The van der Waals surface area contributed by atoms with Crippen molar-refractivity contribution in [1.82, 2.24) is 4.90 Å². The van der Waals surface area contributed by atoms with Gasteiger partial charge in [-0.05, 0) is 42.4 Å². The monoisotopic (exact) mass is 380 g/mol. The molecule has 4 nitrogen and oxygen atoms in total. The van der Waals surface area contributed by atoms with Crippen LogP contribution >= 0.6 is 0 Å². The minimum absolute atomic E-state index is 0.0826. The first kappa shape index (κ1) is 20.6. The molecule has 1 heterocycles. The SMILES string of the molecule is CCc1cccc(CC)c1NC(=O)CN1CCC(OCc2ccccc2)CC1. The van der Waals surface area contributed by atoms with Crippen molar-refractivity contribution >= 4 is 11.6 Å². The van der Waals surface area contributed by atoms with Crippen molar-refractivity contribution in [2.24, 2.45) is 0 Å². The summed E-state index contributed by atoms with van der Waals surface area (Å²) >= 11 is 0. The number of likely N-dealkylation sites (tertiary alicyclic amines) is 1. The number of amides is 1. The average molecular weight is 381 g/mol. The second kappa shape index (κ2) is 10.4. The number of ether oxygens (including phenoxy) is 1. The van der Waals surface area contributed by atoms with Crippen LogP contribution in [0.25, 0.3) is 0 Å². The summed E-state index contributed by atoms with van der Waals surface area (Å²) in [6.07, 6.45) is 4.09. The second-order valence-electron chi connectivity index (χ2n) is 7.48. The van der Waals surface area contributed by atoms with Gasteiger partial charge >= 0.3 is 0 Å². The minimum Gasteiger partial charge on any atom is -0.373 e. The third-order valence-electron chi connectivity index (χ3n) is 5.49. The maximum Gasteiger partial charge on any atom is 0.238 e. The molecule has 1 amide bonds. The van der Waals surface area contributed by atoms with Gasteiger partial charge in [0.1, 0.15) is 0 Å². The third-order valence-corrected chi connectivity index (χ3v) is 5.49. The first-order valence-corrected chi connectivity index (χ1v) is 10.5. The van der Waals surface area contributed by atoms with Gasteiger partial charge in [-0.2, -0.15) is 0 Å². The largest absolute Gasteiger partial charge is 0.373 e. The molecule has 0 atom stereocenters. The average Bonchev–Trinajstić information content (AvgIpc) is 2.74. The molecule has 0 radical (unpaired) electrons. The molecule has 1 N–H and O–H groups in total. The maximum absolute atomic E-state index is 12.6. The molecule has 1 aliphatic rings. The van der Waals surface area contributed by atoms with Crippen molar-refractivity contribution in [3.8, 4) is 0 Å². The lowest BCUT2D eigenvalue weighted by Crippen LogP contribution is -2.41. The van der Waals surface area contributed by atoms with E-state index in [1.165, 1.54) is 16.7 Å². The lowest BCUT2D eigenvalue weighted by atomic mass is 10.0. The molecule has 0 aliphatic carbocycles. The van der Waals surface area contributed by atoms with Gasteiger partial charge in [-0.1, -0.05) is 62.4 Å². The first-order chi connectivity index (χ1) is 13.7. The number of hydrogen-bond donors (Lipinski definition) is 1. The summed E-state index contributed by atoms with van der Waals surface area (Å²) in [6, 6.07) is 16.6. The Bertz CT molecular complexity index is 730. The van der Waals surface area contributed by atoms with Crippen LogP contribution in [0.15, 0.2) is 48.5 Å². The smallest absolute Gasteiger partial charge is 0.238 e. The highest BCUT2D eigenvalue weighted by Gasteiger charge is 2.22. The van der Waals surface area contributed by atoms with Gasteiger partial charge in [-0.15, -0.1) is 0 Å². The van der Waals surface area contributed by atoms with Gasteiger partial charge in [0.15, 0.2) is 0 Å². The quantitative estimate of drug-likeness (QED) is 0.736. The van der Waals surface area contributed by atoms with E-state index in [0.29, 0.717) is 13.2 Å².